The second kappa shape index (κ2) is 7.05. The van der Waals surface area contributed by atoms with E-state index in [4.69, 9.17) is 15.9 Å². The van der Waals surface area contributed by atoms with Gasteiger partial charge in [-0.15, -0.1) is 0 Å². The van der Waals surface area contributed by atoms with Gasteiger partial charge in [0.1, 0.15) is 5.75 Å². The molecule has 0 bridgehead atoms. The van der Waals surface area contributed by atoms with Gasteiger partial charge in [0, 0.05) is 6.54 Å². The van der Waals surface area contributed by atoms with E-state index in [0.717, 1.165) is 5.56 Å². The summed E-state index contributed by atoms with van der Waals surface area (Å²) in [6.07, 6.45) is -0.201. The fourth-order valence-electron chi connectivity index (χ4n) is 1.78. The number of carbonyl (C=O) groups is 2. The smallest absolute Gasteiger partial charge is 0.306 e. The van der Waals surface area contributed by atoms with Gasteiger partial charge < -0.3 is 26.4 Å². The molecule has 1 aromatic rings. The second-order valence-electron chi connectivity index (χ2n) is 5.26. The van der Waals surface area contributed by atoms with Gasteiger partial charge in [0.05, 0.1) is 18.1 Å². The summed E-state index contributed by atoms with van der Waals surface area (Å²) in [4.78, 5) is 22.3. The summed E-state index contributed by atoms with van der Waals surface area (Å²) in [6, 6.07) is 5.48. The Morgan fingerprint density at radius 1 is 1.33 bits per heavy atom. The number of aliphatic hydroxyl groups is 1. The summed E-state index contributed by atoms with van der Waals surface area (Å²) >= 11 is 0. The average molecular weight is 296 g/mol. The molecule has 0 heterocycles. The lowest BCUT2D eigenvalue weighted by molar-refractivity contribution is -0.142. The van der Waals surface area contributed by atoms with Crippen molar-refractivity contribution in [1.82, 2.24) is 5.32 Å². The van der Waals surface area contributed by atoms with Crippen molar-refractivity contribution in [3.8, 4) is 5.75 Å². The highest BCUT2D eigenvalue weighted by Gasteiger charge is 2.26. The molecule has 1 amide bonds. The molecular weight excluding hydrogens is 276 g/mol. The number of carboxylic acids is 1. The minimum absolute atomic E-state index is 0.126. The summed E-state index contributed by atoms with van der Waals surface area (Å²) in [6.45, 7) is 1.13. The van der Waals surface area contributed by atoms with Crippen LogP contribution in [0.15, 0.2) is 24.3 Å². The fraction of sp³-hybridized carbons (Fsp3) is 0.429. The van der Waals surface area contributed by atoms with Crippen LogP contribution in [0.2, 0.25) is 0 Å². The van der Waals surface area contributed by atoms with E-state index in [0.29, 0.717) is 0 Å². The van der Waals surface area contributed by atoms with Crippen molar-refractivity contribution in [3.05, 3.63) is 29.8 Å². The van der Waals surface area contributed by atoms with E-state index in [2.05, 4.69) is 5.32 Å². The van der Waals surface area contributed by atoms with Crippen molar-refractivity contribution in [1.29, 1.82) is 0 Å². The van der Waals surface area contributed by atoms with Gasteiger partial charge in [0.25, 0.3) is 0 Å². The Kier molecular flexibility index (Phi) is 5.69. The number of nitrogens with two attached hydrogens (primary N) is 1. The van der Waals surface area contributed by atoms with Crippen LogP contribution in [0.1, 0.15) is 18.9 Å². The van der Waals surface area contributed by atoms with E-state index < -0.39 is 29.9 Å². The zero-order valence-corrected chi connectivity index (χ0v) is 11.7. The SMILES string of the molecule is CC(O)(CNC(=O)[C@H](N)Cc1ccc(O)cc1)CC(=O)O. The number of phenols is 1. The van der Waals surface area contributed by atoms with Gasteiger partial charge in [-0.3, -0.25) is 9.59 Å². The normalized spacial score (nSPS) is 15.0. The first-order chi connectivity index (χ1) is 9.69. The molecule has 1 rings (SSSR count). The van der Waals surface area contributed by atoms with Crippen LogP contribution in [-0.4, -0.2) is 45.4 Å². The van der Waals surface area contributed by atoms with Crippen molar-refractivity contribution < 1.29 is 24.9 Å². The highest BCUT2D eigenvalue weighted by atomic mass is 16.4. The van der Waals surface area contributed by atoms with Crippen molar-refractivity contribution >= 4 is 11.9 Å². The van der Waals surface area contributed by atoms with Crippen LogP contribution < -0.4 is 11.1 Å². The molecule has 2 atom stereocenters. The van der Waals surface area contributed by atoms with Crippen molar-refractivity contribution in [2.24, 2.45) is 5.73 Å². The fourth-order valence-corrected chi connectivity index (χ4v) is 1.78. The molecule has 1 unspecified atom stereocenters. The van der Waals surface area contributed by atoms with Crippen LogP contribution >= 0.6 is 0 Å². The van der Waals surface area contributed by atoms with Gasteiger partial charge in [0.2, 0.25) is 5.91 Å². The first kappa shape index (κ1) is 16.9. The van der Waals surface area contributed by atoms with Crippen LogP contribution in [0.3, 0.4) is 0 Å². The van der Waals surface area contributed by atoms with Crippen molar-refractivity contribution in [2.45, 2.75) is 31.4 Å². The monoisotopic (exact) mass is 296 g/mol. The van der Waals surface area contributed by atoms with E-state index in [9.17, 15) is 14.7 Å². The molecule has 0 saturated heterocycles. The van der Waals surface area contributed by atoms with Crippen LogP contribution in [0.5, 0.6) is 5.75 Å². The number of hydrogen-bond acceptors (Lipinski definition) is 5. The number of phenolic OH excluding ortho intramolecular Hbond substituents is 1. The van der Waals surface area contributed by atoms with Gasteiger partial charge in [0.15, 0.2) is 0 Å². The number of hydrogen-bond donors (Lipinski definition) is 5. The summed E-state index contributed by atoms with van der Waals surface area (Å²) < 4.78 is 0. The van der Waals surface area contributed by atoms with E-state index in [1.807, 2.05) is 0 Å². The maximum Gasteiger partial charge on any atom is 0.306 e. The quantitative estimate of drug-likeness (QED) is 0.465. The average Bonchev–Trinajstić information content (AvgIpc) is 2.37. The van der Waals surface area contributed by atoms with Crippen molar-refractivity contribution in [3.63, 3.8) is 0 Å². The number of aliphatic carboxylic acids is 1. The first-order valence-electron chi connectivity index (χ1n) is 6.45. The van der Waals surface area contributed by atoms with Crippen LogP contribution in [0.4, 0.5) is 0 Å². The molecule has 0 saturated carbocycles. The largest absolute Gasteiger partial charge is 0.508 e. The molecule has 0 aliphatic carbocycles. The molecular formula is C14H20N2O5. The molecule has 0 radical (unpaired) electrons. The summed E-state index contributed by atoms with van der Waals surface area (Å²) in [5.74, 6) is -1.50. The Hall–Kier alpha value is -2.12. The summed E-state index contributed by atoms with van der Waals surface area (Å²) in [5.41, 5.74) is 5.00. The molecule has 0 aliphatic rings. The molecule has 0 aliphatic heterocycles. The van der Waals surface area contributed by atoms with E-state index in [-0.39, 0.29) is 18.7 Å². The Balaban J connectivity index is 2.47. The maximum atomic E-state index is 11.8. The molecule has 0 fully saturated rings. The highest BCUT2D eigenvalue weighted by Crippen LogP contribution is 2.11. The zero-order chi connectivity index (χ0) is 16.0. The number of carbonyl (C=O) groups excluding carboxylic acids is 1. The number of nitrogens with one attached hydrogen (secondary N) is 1. The molecule has 1 aromatic carbocycles. The summed E-state index contributed by atoms with van der Waals surface area (Å²) in [7, 11) is 0. The highest BCUT2D eigenvalue weighted by molar-refractivity contribution is 5.82. The minimum Gasteiger partial charge on any atom is -0.508 e. The molecule has 7 heteroatoms. The molecule has 0 spiro atoms. The van der Waals surface area contributed by atoms with Crippen molar-refractivity contribution in [2.75, 3.05) is 6.54 Å². The second-order valence-corrected chi connectivity index (χ2v) is 5.26. The molecule has 0 aromatic heterocycles. The lowest BCUT2D eigenvalue weighted by Crippen LogP contribution is -2.48. The van der Waals surface area contributed by atoms with Gasteiger partial charge in [-0.05, 0) is 31.0 Å². The first-order valence-corrected chi connectivity index (χ1v) is 6.45. The molecule has 21 heavy (non-hydrogen) atoms. The lowest BCUT2D eigenvalue weighted by Gasteiger charge is -2.22. The Bertz CT molecular complexity index is 499. The minimum atomic E-state index is -1.53. The van der Waals surface area contributed by atoms with Crippen LogP contribution in [-0.2, 0) is 16.0 Å². The molecule has 116 valence electrons. The van der Waals surface area contributed by atoms with Gasteiger partial charge in [-0.25, -0.2) is 0 Å². The predicted molar refractivity (Wildman–Crippen MR) is 75.7 cm³/mol. The number of rotatable bonds is 7. The zero-order valence-electron chi connectivity index (χ0n) is 11.7. The van der Waals surface area contributed by atoms with E-state index in [1.165, 1.54) is 19.1 Å². The molecule has 6 N–H and O–H groups in total. The molecule has 7 nitrogen and oxygen atoms in total. The van der Waals surface area contributed by atoms with Gasteiger partial charge in [-0.2, -0.15) is 0 Å². The van der Waals surface area contributed by atoms with Crippen LogP contribution in [0, 0.1) is 0 Å². The van der Waals surface area contributed by atoms with Gasteiger partial charge in [-0.1, -0.05) is 12.1 Å². The third kappa shape index (κ3) is 6.24. The number of aromatic hydroxyl groups is 1. The Morgan fingerprint density at radius 3 is 2.43 bits per heavy atom. The predicted octanol–water partition coefficient (Wildman–Crippen LogP) is -0.396. The van der Waals surface area contributed by atoms with E-state index >= 15 is 0 Å². The Labute approximate surface area is 122 Å². The van der Waals surface area contributed by atoms with E-state index in [1.54, 1.807) is 12.1 Å². The third-order valence-electron chi connectivity index (χ3n) is 2.90. The third-order valence-corrected chi connectivity index (χ3v) is 2.90. The number of carboxylic acid groups (broad SMARTS) is 1. The number of amides is 1. The standard InChI is InChI=1S/C14H20N2O5/c1-14(21,7-12(18)19)8-16-13(20)11(15)6-9-2-4-10(17)5-3-9/h2-5,11,17,21H,6-8,15H2,1H3,(H,16,20)(H,18,19)/t11-,14?/m1/s1. The van der Waals surface area contributed by atoms with Crippen LogP contribution in [0.25, 0.3) is 0 Å². The lowest BCUT2D eigenvalue weighted by atomic mass is 10.0. The maximum absolute atomic E-state index is 11.8. The topological polar surface area (TPSA) is 133 Å². The number of benzene rings is 1. The summed E-state index contributed by atoms with van der Waals surface area (Å²) in [5, 5.41) is 30.0. The van der Waals surface area contributed by atoms with Gasteiger partial charge >= 0.3 is 5.97 Å². The Morgan fingerprint density at radius 2 is 1.90 bits per heavy atom.